The van der Waals surface area contributed by atoms with Crippen molar-refractivity contribution in [2.45, 2.75) is 44.8 Å². The molecule has 1 aromatic carbocycles. The van der Waals surface area contributed by atoms with Crippen LogP contribution in [0.2, 0.25) is 0 Å². The molecule has 156 valence electrons. The molecule has 3 aromatic rings. The predicted molar refractivity (Wildman–Crippen MR) is 115 cm³/mol. The van der Waals surface area contributed by atoms with Gasteiger partial charge in [0.25, 0.3) is 0 Å². The van der Waals surface area contributed by atoms with Crippen LogP contribution in [0.3, 0.4) is 0 Å². The average molecular weight is 440 g/mol. The molecule has 9 heteroatoms. The number of para-hydroxylation sites is 1. The van der Waals surface area contributed by atoms with E-state index in [1.54, 1.807) is 29.0 Å². The van der Waals surface area contributed by atoms with Crippen LogP contribution in [0.15, 0.2) is 42.6 Å². The van der Waals surface area contributed by atoms with Gasteiger partial charge in [0, 0.05) is 12.0 Å². The first-order valence-electron chi connectivity index (χ1n) is 9.12. The molecular formula is C20H24Cl2FN5O. The van der Waals surface area contributed by atoms with E-state index in [4.69, 9.17) is 10.5 Å². The van der Waals surface area contributed by atoms with Crippen LogP contribution < -0.4 is 10.5 Å². The fraction of sp³-hybridized carbons (Fsp3) is 0.350. The third kappa shape index (κ3) is 4.69. The molecule has 0 bridgehead atoms. The number of rotatable bonds is 5. The summed E-state index contributed by atoms with van der Waals surface area (Å²) >= 11 is 0. The molecule has 1 fully saturated rings. The van der Waals surface area contributed by atoms with E-state index in [2.05, 4.69) is 15.2 Å². The highest BCUT2D eigenvalue weighted by molar-refractivity contribution is 5.85. The van der Waals surface area contributed by atoms with E-state index in [1.807, 2.05) is 26.0 Å². The molecule has 29 heavy (non-hydrogen) atoms. The van der Waals surface area contributed by atoms with Crippen molar-refractivity contribution in [3.8, 4) is 23.0 Å². The molecule has 1 saturated carbocycles. The number of pyridine rings is 1. The number of hydrogen-bond acceptors (Lipinski definition) is 5. The van der Waals surface area contributed by atoms with Gasteiger partial charge in [-0.3, -0.25) is 4.57 Å². The minimum atomic E-state index is -0.330. The summed E-state index contributed by atoms with van der Waals surface area (Å²) in [6.45, 7) is 3.91. The van der Waals surface area contributed by atoms with E-state index in [0.29, 0.717) is 23.0 Å². The maximum Gasteiger partial charge on any atom is 0.187 e. The van der Waals surface area contributed by atoms with Crippen molar-refractivity contribution in [1.29, 1.82) is 0 Å². The third-order valence-electron chi connectivity index (χ3n) is 4.66. The molecule has 4 rings (SSSR count). The quantitative estimate of drug-likeness (QED) is 0.640. The number of hydrogen-bond donors (Lipinski definition) is 1. The topological polar surface area (TPSA) is 78.9 Å². The Morgan fingerprint density at radius 1 is 1.10 bits per heavy atom. The van der Waals surface area contributed by atoms with Gasteiger partial charge in [0.2, 0.25) is 0 Å². The summed E-state index contributed by atoms with van der Waals surface area (Å²) in [4.78, 5) is 4.45. The lowest BCUT2D eigenvalue weighted by atomic mass is 9.80. The van der Waals surface area contributed by atoms with E-state index in [0.717, 1.165) is 18.7 Å². The van der Waals surface area contributed by atoms with Crippen LogP contribution in [0.1, 0.15) is 38.4 Å². The molecule has 0 amide bonds. The first kappa shape index (κ1) is 23.1. The molecule has 2 aromatic heterocycles. The number of aromatic nitrogens is 4. The highest BCUT2D eigenvalue weighted by atomic mass is 35.5. The zero-order valence-electron chi connectivity index (χ0n) is 16.2. The van der Waals surface area contributed by atoms with Crippen LogP contribution in [0.5, 0.6) is 5.75 Å². The minimum absolute atomic E-state index is 0. The molecule has 0 atom stereocenters. The maximum atomic E-state index is 14.6. The summed E-state index contributed by atoms with van der Waals surface area (Å²) < 4.78 is 22.0. The molecule has 2 heterocycles. The van der Waals surface area contributed by atoms with E-state index in [-0.39, 0.29) is 48.7 Å². The molecule has 0 unspecified atom stereocenters. The Morgan fingerprint density at radius 2 is 1.83 bits per heavy atom. The van der Waals surface area contributed by atoms with Crippen molar-refractivity contribution in [3.63, 3.8) is 0 Å². The van der Waals surface area contributed by atoms with Crippen molar-refractivity contribution < 1.29 is 9.13 Å². The van der Waals surface area contributed by atoms with Gasteiger partial charge in [-0.25, -0.2) is 9.37 Å². The summed E-state index contributed by atoms with van der Waals surface area (Å²) in [5.74, 6) is 1.75. The monoisotopic (exact) mass is 439 g/mol. The molecule has 1 aliphatic carbocycles. The SMILES string of the molecule is CC(C)Oc1ccc(-c2nnc(C3CC(N)C3)n2-c2ccccc2F)nc1.Cl.Cl. The maximum absolute atomic E-state index is 14.6. The lowest BCUT2D eigenvalue weighted by Gasteiger charge is -2.31. The van der Waals surface area contributed by atoms with E-state index in [1.165, 1.54) is 6.07 Å². The number of nitrogens with zero attached hydrogens (tertiary/aromatic N) is 4. The zero-order valence-corrected chi connectivity index (χ0v) is 17.8. The van der Waals surface area contributed by atoms with E-state index >= 15 is 0 Å². The van der Waals surface area contributed by atoms with Gasteiger partial charge in [-0.1, -0.05) is 12.1 Å². The molecule has 0 saturated heterocycles. The van der Waals surface area contributed by atoms with Crippen molar-refractivity contribution >= 4 is 24.8 Å². The van der Waals surface area contributed by atoms with Crippen molar-refractivity contribution in [1.82, 2.24) is 19.7 Å². The van der Waals surface area contributed by atoms with Crippen molar-refractivity contribution in [2.75, 3.05) is 0 Å². The number of ether oxygens (including phenoxy) is 1. The molecular weight excluding hydrogens is 416 g/mol. The second kappa shape index (κ2) is 9.52. The number of halogens is 3. The molecule has 1 aliphatic rings. The minimum Gasteiger partial charge on any atom is -0.489 e. The first-order valence-corrected chi connectivity index (χ1v) is 9.12. The highest BCUT2D eigenvalue weighted by Crippen LogP contribution is 2.37. The molecule has 0 spiro atoms. The predicted octanol–water partition coefficient (Wildman–Crippen LogP) is 4.30. The van der Waals surface area contributed by atoms with Crippen LogP contribution in [0.25, 0.3) is 17.2 Å². The van der Waals surface area contributed by atoms with Gasteiger partial charge in [0.05, 0.1) is 18.0 Å². The zero-order chi connectivity index (χ0) is 19.0. The highest BCUT2D eigenvalue weighted by Gasteiger charge is 2.33. The van der Waals surface area contributed by atoms with Crippen molar-refractivity contribution in [2.24, 2.45) is 5.73 Å². The van der Waals surface area contributed by atoms with E-state index < -0.39 is 0 Å². The lowest BCUT2D eigenvalue weighted by Crippen LogP contribution is -2.36. The van der Waals surface area contributed by atoms with Gasteiger partial charge in [-0.15, -0.1) is 35.0 Å². The lowest BCUT2D eigenvalue weighted by molar-refractivity contribution is 0.241. The summed E-state index contributed by atoms with van der Waals surface area (Å²) in [6.07, 6.45) is 3.35. The Balaban J connectivity index is 0.00000150. The standard InChI is InChI=1S/C20H22FN5O.2ClH/c1-12(2)27-15-7-8-17(23-11-15)20-25-24-19(13-9-14(22)10-13)26(20)18-6-4-3-5-16(18)21;;/h3-8,11-14H,9-10,22H2,1-2H3;2*1H. The average Bonchev–Trinajstić information content (AvgIpc) is 3.04. The van der Waals surface area contributed by atoms with Gasteiger partial charge in [-0.05, 0) is 51.0 Å². The smallest absolute Gasteiger partial charge is 0.187 e. The Hall–Kier alpha value is -2.22. The Kier molecular flexibility index (Phi) is 7.57. The fourth-order valence-corrected chi connectivity index (χ4v) is 3.32. The van der Waals surface area contributed by atoms with Gasteiger partial charge >= 0.3 is 0 Å². The molecule has 6 nitrogen and oxygen atoms in total. The van der Waals surface area contributed by atoms with Gasteiger partial charge in [0.15, 0.2) is 5.82 Å². The molecule has 2 N–H and O–H groups in total. The third-order valence-corrected chi connectivity index (χ3v) is 4.66. The second-order valence-electron chi connectivity index (χ2n) is 7.14. The van der Waals surface area contributed by atoms with Crippen LogP contribution >= 0.6 is 24.8 Å². The second-order valence-corrected chi connectivity index (χ2v) is 7.14. The summed E-state index contributed by atoms with van der Waals surface area (Å²) in [6, 6.07) is 10.4. The van der Waals surface area contributed by atoms with E-state index in [9.17, 15) is 4.39 Å². The van der Waals surface area contributed by atoms with Crippen LogP contribution in [0, 0.1) is 5.82 Å². The Labute approximate surface area is 181 Å². The van der Waals surface area contributed by atoms with Crippen LogP contribution in [0.4, 0.5) is 4.39 Å². The van der Waals surface area contributed by atoms with Gasteiger partial charge in [0.1, 0.15) is 23.1 Å². The van der Waals surface area contributed by atoms with Gasteiger partial charge < -0.3 is 10.5 Å². The number of nitrogens with two attached hydrogens (primary N) is 1. The Morgan fingerprint density at radius 3 is 2.41 bits per heavy atom. The number of benzene rings is 1. The summed E-state index contributed by atoms with van der Waals surface area (Å²) in [7, 11) is 0. The largest absolute Gasteiger partial charge is 0.489 e. The summed E-state index contributed by atoms with van der Waals surface area (Å²) in [5, 5.41) is 8.68. The summed E-state index contributed by atoms with van der Waals surface area (Å²) in [5.41, 5.74) is 6.96. The fourth-order valence-electron chi connectivity index (χ4n) is 3.32. The molecule has 0 radical (unpaired) electrons. The van der Waals surface area contributed by atoms with Crippen LogP contribution in [-0.4, -0.2) is 31.9 Å². The van der Waals surface area contributed by atoms with Gasteiger partial charge in [-0.2, -0.15) is 0 Å². The normalized spacial score (nSPS) is 17.8. The van der Waals surface area contributed by atoms with Crippen LogP contribution in [-0.2, 0) is 0 Å². The first-order chi connectivity index (χ1) is 13.0. The van der Waals surface area contributed by atoms with Crippen molar-refractivity contribution in [3.05, 3.63) is 54.2 Å². The Bertz CT molecular complexity index is 942. The molecule has 0 aliphatic heterocycles.